The second-order valence-corrected chi connectivity index (χ2v) is 2.85. The molecular weight excluding hydrogens is 172 g/mol. The Morgan fingerprint density at radius 2 is 2.08 bits per heavy atom. The fourth-order valence-electron chi connectivity index (χ4n) is 0.821. The molecule has 4 nitrogen and oxygen atoms in total. The zero-order valence-electron chi connectivity index (χ0n) is 7.65. The number of hydrogen-bond acceptors (Lipinski definition) is 4. The second kappa shape index (κ2) is 4.91. The minimum atomic E-state index is -0.415. The predicted octanol–water partition coefficient (Wildman–Crippen LogP) is 1.69. The van der Waals surface area contributed by atoms with Gasteiger partial charge in [0.1, 0.15) is 5.78 Å². The van der Waals surface area contributed by atoms with Crippen LogP contribution in [0.5, 0.6) is 0 Å². The minimum Gasteiger partial charge on any atom is -0.300 e. The third-order valence-electron chi connectivity index (χ3n) is 1.45. The molecule has 4 heteroatoms. The van der Waals surface area contributed by atoms with Crippen LogP contribution in [0.15, 0.2) is 23.8 Å². The van der Waals surface area contributed by atoms with Crippen LogP contribution >= 0.6 is 0 Å². The van der Waals surface area contributed by atoms with E-state index in [9.17, 15) is 4.79 Å². The fourth-order valence-corrected chi connectivity index (χ4v) is 0.821. The van der Waals surface area contributed by atoms with Crippen LogP contribution in [0.2, 0.25) is 0 Å². The van der Waals surface area contributed by atoms with Gasteiger partial charge in [0.05, 0.1) is 0 Å². The lowest BCUT2D eigenvalue weighted by Gasteiger charge is -2.19. The van der Waals surface area contributed by atoms with E-state index in [-0.39, 0.29) is 5.78 Å². The topological polar surface area (TPSA) is 44.8 Å². The summed E-state index contributed by atoms with van der Waals surface area (Å²) >= 11 is 0. The van der Waals surface area contributed by atoms with Crippen molar-refractivity contribution >= 4 is 5.78 Å². The van der Waals surface area contributed by atoms with Crippen LogP contribution in [-0.2, 0) is 19.6 Å². The van der Waals surface area contributed by atoms with Gasteiger partial charge >= 0.3 is 0 Å². The Balaban J connectivity index is 2.29. The molecule has 72 valence electrons. The molecule has 1 saturated heterocycles. The molecule has 0 aromatic carbocycles. The van der Waals surface area contributed by atoms with Gasteiger partial charge < -0.3 is 0 Å². The van der Waals surface area contributed by atoms with Crippen molar-refractivity contribution in [3.05, 3.63) is 23.8 Å². The van der Waals surface area contributed by atoms with E-state index in [1.54, 1.807) is 19.1 Å². The van der Waals surface area contributed by atoms with Crippen molar-refractivity contribution in [3.8, 4) is 0 Å². The molecule has 1 aliphatic heterocycles. The summed E-state index contributed by atoms with van der Waals surface area (Å²) in [5.74, 6) is 0.142. The summed E-state index contributed by atoms with van der Waals surface area (Å²) < 4.78 is 0. The highest BCUT2D eigenvalue weighted by molar-refractivity contribution is 5.77. The fraction of sp³-hybridized carbons (Fsp3) is 0.444. The highest BCUT2D eigenvalue weighted by atomic mass is 17.6. The second-order valence-electron chi connectivity index (χ2n) is 2.85. The Bertz CT molecular complexity index is 238. The summed E-state index contributed by atoms with van der Waals surface area (Å²) in [7, 11) is 0. The summed E-state index contributed by atoms with van der Waals surface area (Å²) in [4.78, 5) is 19.6. The summed E-state index contributed by atoms with van der Waals surface area (Å²) in [6.45, 7) is 3.44. The highest BCUT2D eigenvalue weighted by Gasteiger charge is 2.18. The molecule has 1 fully saturated rings. The Hall–Kier alpha value is -0.970. The van der Waals surface area contributed by atoms with Gasteiger partial charge in [-0.25, -0.2) is 0 Å². The molecule has 0 spiro atoms. The van der Waals surface area contributed by atoms with E-state index < -0.39 is 6.29 Å². The van der Waals surface area contributed by atoms with Crippen LogP contribution in [0.1, 0.15) is 20.3 Å². The lowest BCUT2D eigenvalue weighted by Crippen LogP contribution is -2.25. The summed E-state index contributed by atoms with van der Waals surface area (Å²) in [5, 5.41) is 4.06. The molecule has 0 radical (unpaired) electrons. The lowest BCUT2D eigenvalue weighted by atomic mass is 10.2. The number of Topliss-reactive ketones (excluding diaryl/α,β-unsaturated/α-hetero) is 1. The minimum absolute atomic E-state index is 0.142. The van der Waals surface area contributed by atoms with Crippen molar-refractivity contribution in [2.75, 3.05) is 0 Å². The lowest BCUT2D eigenvalue weighted by molar-refractivity contribution is -0.679. The van der Waals surface area contributed by atoms with E-state index in [0.717, 1.165) is 5.57 Å². The molecule has 1 heterocycles. The number of hydrogen-bond donors (Lipinski definition) is 0. The maximum Gasteiger partial charge on any atom is 0.249 e. The first-order chi connectivity index (χ1) is 6.18. The Labute approximate surface area is 76.6 Å². The highest BCUT2D eigenvalue weighted by Crippen LogP contribution is 2.12. The molecule has 1 aliphatic rings. The van der Waals surface area contributed by atoms with Crippen molar-refractivity contribution in [2.24, 2.45) is 0 Å². The van der Waals surface area contributed by atoms with Gasteiger partial charge in [0, 0.05) is 6.42 Å². The van der Waals surface area contributed by atoms with Crippen LogP contribution in [0.3, 0.4) is 0 Å². The quantitative estimate of drug-likeness (QED) is 0.492. The third-order valence-corrected chi connectivity index (χ3v) is 1.45. The van der Waals surface area contributed by atoms with Crippen molar-refractivity contribution in [2.45, 2.75) is 26.6 Å². The first-order valence-electron chi connectivity index (χ1n) is 4.01. The van der Waals surface area contributed by atoms with Crippen LogP contribution in [0.25, 0.3) is 0 Å². The number of carbonyl (C=O) groups excluding carboxylic acids is 1. The summed E-state index contributed by atoms with van der Waals surface area (Å²) in [5.41, 5.74) is 0.967. The van der Waals surface area contributed by atoms with Gasteiger partial charge in [-0.2, -0.15) is 9.78 Å². The Morgan fingerprint density at radius 1 is 1.38 bits per heavy atom. The molecule has 0 aliphatic carbocycles. The predicted molar refractivity (Wildman–Crippen MR) is 45.2 cm³/mol. The van der Waals surface area contributed by atoms with Gasteiger partial charge in [0.15, 0.2) is 0 Å². The van der Waals surface area contributed by atoms with E-state index in [2.05, 4.69) is 14.8 Å². The van der Waals surface area contributed by atoms with Crippen LogP contribution in [-0.4, -0.2) is 12.1 Å². The molecule has 13 heavy (non-hydrogen) atoms. The molecule has 0 unspecified atom stereocenters. The van der Waals surface area contributed by atoms with Gasteiger partial charge in [-0.05, 0) is 19.9 Å². The largest absolute Gasteiger partial charge is 0.300 e. The van der Waals surface area contributed by atoms with Crippen LogP contribution in [0, 0.1) is 0 Å². The van der Waals surface area contributed by atoms with Crippen molar-refractivity contribution in [3.63, 3.8) is 0 Å². The first-order valence-corrected chi connectivity index (χ1v) is 4.01. The SMILES string of the molecule is CC(=O)CC=CC(C)=CC1OOO1. The van der Waals surface area contributed by atoms with Gasteiger partial charge in [0.25, 0.3) is 0 Å². The molecule has 1 rings (SSSR count). The molecule has 0 N–H and O–H groups in total. The normalized spacial score (nSPS) is 19.1. The molecule has 0 aromatic rings. The monoisotopic (exact) mass is 184 g/mol. The van der Waals surface area contributed by atoms with E-state index in [4.69, 9.17) is 0 Å². The summed E-state index contributed by atoms with van der Waals surface area (Å²) in [6.07, 6.45) is 5.43. The molecule has 0 amide bonds. The molecule has 0 atom stereocenters. The molecule has 0 aromatic heterocycles. The molecule has 0 bridgehead atoms. The number of ketones is 1. The van der Waals surface area contributed by atoms with Crippen molar-refractivity contribution in [1.82, 2.24) is 0 Å². The van der Waals surface area contributed by atoms with E-state index >= 15 is 0 Å². The number of carbonyl (C=O) groups is 1. The number of rotatable bonds is 4. The van der Waals surface area contributed by atoms with E-state index in [0.29, 0.717) is 6.42 Å². The van der Waals surface area contributed by atoms with E-state index in [1.807, 2.05) is 13.0 Å². The maximum absolute atomic E-state index is 10.6. The average Bonchev–Trinajstić information content (AvgIpc) is 1.96. The molecular formula is C9H12O4. The smallest absolute Gasteiger partial charge is 0.249 e. The van der Waals surface area contributed by atoms with Gasteiger partial charge in [-0.15, -0.1) is 0 Å². The van der Waals surface area contributed by atoms with E-state index in [1.165, 1.54) is 0 Å². The van der Waals surface area contributed by atoms with Crippen molar-refractivity contribution in [1.29, 1.82) is 0 Å². The standard InChI is InChI=1S/C9H12O4/c1-7(4-3-5-8(2)10)6-9-11-13-12-9/h3-4,6,9H,5H2,1-2H3. The zero-order chi connectivity index (χ0) is 9.68. The molecule has 0 saturated carbocycles. The third kappa shape index (κ3) is 3.98. The Kier molecular flexibility index (Phi) is 3.82. The van der Waals surface area contributed by atoms with Gasteiger partial charge in [0.2, 0.25) is 6.29 Å². The average molecular weight is 184 g/mol. The summed E-state index contributed by atoms with van der Waals surface area (Å²) in [6, 6.07) is 0. The van der Waals surface area contributed by atoms with Crippen molar-refractivity contribution < 1.29 is 19.6 Å². The first kappa shape index (κ1) is 10.1. The Morgan fingerprint density at radius 3 is 2.54 bits per heavy atom. The zero-order valence-corrected chi connectivity index (χ0v) is 7.65. The van der Waals surface area contributed by atoms with Crippen LogP contribution in [0.4, 0.5) is 0 Å². The number of allylic oxidation sites excluding steroid dienone is 3. The maximum atomic E-state index is 10.6. The van der Waals surface area contributed by atoms with Gasteiger partial charge in [-0.1, -0.05) is 22.8 Å². The van der Waals surface area contributed by atoms with Crippen LogP contribution < -0.4 is 0 Å². The van der Waals surface area contributed by atoms with Gasteiger partial charge in [-0.3, -0.25) is 4.79 Å².